The van der Waals surface area contributed by atoms with Gasteiger partial charge in [0.25, 0.3) is 0 Å². The Balaban J connectivity index is -0.000000399. The molecular formula is C76H164Cl8N18O12S2. The quantitative estimate of drug-likeness (QED) is 0.0290. The summed E-state index contributed by atoms with van der Waals surface area (Å²) in [7, 11) is 0. The molecular weight excluding hydrogens is 1700 g/mol. The fraction of sp³-hybridized carbons (Fsp3) is 0.868. The topological polar surface area (TPSA) is 540 Å². The molecule has 0 spiro atoms. The molecule has 116 heavy (non-hydrogen) atoms. The van der Waals surface area contributed by atoms with Crippen molar-refractivity contribution in [1.29, 1.82) is 0 Å². The van der Waals surface area contributed by atoms with Crippen molar-refractivity contribution in [3.05, 3.63) is 0 Å². The zero-order valence-corrected chi connectivity index (χ0v) is 79.0. The lowest BCUT2D eigenvalue weighted by atomic mass is 10.1. The molecule has 0 aliphatic carbocycles. The van der Waals surface area contributed by atoms with Gasteiger partial charge in [0.1, 0.15) is 36.3 Å². The maximum atomic E-state index is 14.3. The molecule has 0 saturated carbocycles. The van der Waals surface area contributed by atoms with Crippen molar-refractivity contribution in [2.75, 3.05) is 88.6 Å². The summed E-state index contributed by atoms with van der Waals surface area (Å²) in [6, 6.07) is -11.3. The molecule has 0 aliphatic rings. The van der Waals surface area contributed by atoms with Crippen LogP contribution in [0.25, 0.3) is 0 Å². The van der Waals surface area contributed by atoms with Gasteiger partial charge >= 0.3 is 0 Å². The summed E-state index contributed by atoms with van der Waals surface area (Å²) in [6.45, 7) is 14.0. The summed E-state index contributed by atoms with van der Waals surface area (Å²) in [5.74, 6) is -6.02. The lowest BCUT2D eigenvalue weighted by Crippen LogP contribution is -2.59. The number of rotatable bonds is 69. The summed E-state index contributed by atoms with van der Waals surface area (Å²) in [5, 5.41) is 47.2. The fourth-order valence-corrected chi connectivity index (χ4v) is 13.0. The second-order valence-corrected chi connectivity index (χ2v) is 30.1. The molecule has 0 radical (unpaired) electrons. The molecule has 10 amide bonds. The first-order chi connectivity index (χ1) is 52.0. The molecule has 0 aromatic rings. The third-order valence-electron chi connectivity index (χ3n) is 17.8. The van der Waals surface area contributed by atoms with Crippen molar-refractivity contribution in [1.82, 2.24) is 53.2 Å². The van der Waals surface area contributed by atoms with Gasteiger partial charge in [-0.05, 0) is 129 Å². The first-order valence-electron chi connectivity index (χ1n) is 41.2. The van der Waals surface area contributed by atoms with E-state index < -0.39 is 121 Å². The number of thioether (sulfide) groups is 2. The predicted octanol–water partition coefficient (Wildman–Crippen LogP) is 6.47. The standard InChI is InChI=1S/C57H114N18O12S2.C10H22.C9H20.8ClH/c1-3-5-29-69-53(83)45(35-77)73-57(87)47(75-55(85)43(71-51(81)41(65)21-9-15-27-61)23-11-17-31-68-49(79)39(63)19-7-13-25-59)37-89-33-32-88-36-46(56(86)72-44(34-76)52(82)66-28-4-2)74-54(84)42(70-50(80)40(64)20-8-14-26-60)22-10-16-30-67-48(78)38(62)18-6-12-24-58;1-3-5-7-9-10-8-6-4-2;1-3-5-7-9-8-6-4-2;;;;;;;;/h38-47,76-77H,3-37,58-65H2,1-2H3,(H,66,82)(H,67,78)(H,68,79)(H,69,83)(H,70,80)(H,71,81)(H,72,86)(H,73,87)(H,74,84)(H,75,85);3-10H2,1-2H3;3-9H2,1-2H3;8*1H. The second kappa shape index (κ2) is 97.8. The number of hydrogen-bond acceptors (Lipinski definition) is 22. The van der Waals surface area contributed by atoms with Gasteiger partial charge in [0.15, 0.2) is 0 Å². The maximum absolute atomic E-state index is 14.3. The fourth-order valence-electron chi connectivity index (χ4n) is 10.8. The molecule has 10 unspecified atom stereocenters. The molecule has 0 aromatic carbocycles. The average Bonchev–Trinajstić information content (AvgIpc) is 0.871. The van der Waals surface area contributed by atoms with Gasteiger partial charge in [-0.3, -0.25) is 47.9 Å². The molecule has 0 heterocycles. The third kappa shape index (κ3) is 77.4. The zero-order valence-electron chi connectivity index (χ0n) is 70.8. The number of halogens is 8. The molecule has 698 valence electrons. The summed E-state index contributed by atoms with van der Waals surface area (Å²) >= 11 is 2.40. The summed E-state index contributed by atoms with van der Waals surface area (Å²) in [4.78, 5) is 135. The minimum Gasteiger partial charge on any atom is -0.394 e. The minimum absolute atomic E-state index is 0. The second-order valence-electron chi connectivity index (χ2n) is 27.8. The van der Waals surface area contributed by atoms with Crippen LogP contribution in [0, 0.1) is 0 Å². The Morgan fingerprint density at radius 2 is 0.483 bits per heavy atom. The van der Waals surface area contributed by atoms with Crippen LogP contribution in [0.3, 0.4) is 0 Å². The van der Waals surface area contributed by atoms with E-state index in [-0.39, 0.29) is 186 Å². The minimum atomic E-state index is -1.38. The van der Waals surface area contributed by atoms with Crippen LogP contribution in [0.5, 0.6) is 0 Å². The van der Waals surface area contributed by atoms with Crippen molar-refractivity contribution < 1.29 is 58.2 Å². The van der Waals surface area contributed by atoms with Crippen molar-refractivity contribution in [3.8, 4) is 0 Å². The Morgan fingerprint density at radius 3 is 0.759 bits per heavy atom. The molecule has 0 bridgehead atoms. The van der Waals surface area contributed by atoms with E-state index in [4.69, 9.17) is 45.9 Å². The van der Waals surface area contributed by atoms with E-state index in [0.717, 1.165) is 19.3 Å². The SMILES string of the molecule is CCCCCCCCC.CCCCCCCCCC.CCCCNC(=O)C(CO)NC(=O)C(CSCCSCC(NC(=O)C(CCCCNC(=O)C(N)CCCCN)NC(=O)C(N)CCCCN)C(=O)NC(CO)C(=O)NCCC)NC(=O)C(CCCCNC(=O)C(N)CCCCN)NC(=O)C(N)CCCCN.Cl.Cl.Cl.Cl.Cl.Cl.Cl.Cl. The molecule has 0 fully saturated rings. The largest absolute Gasteiger partial charge is 0.394 e. The Bertz CT molecular complexity index is 2330. The van der Waals surface area contributed by atoms with E-state index in [1.807, 2.05) is 13.8 Å². The smallest absolute Gasteiger partial charge is 0.244 e. The van der Waals surface area contributed by atoms with E-state index in [2.05, 4.69) is 80.9 Å². The molecule has 0 aliphatic heterocycles. The van der Waals surface area contributed by atoms with Crippen LogP contribution in [-0.2, 0) is 47.9 Å². The van der Waals surface area contributed by atoms with Gasteiger partial charge in [0, 0.05) is 49.2 Å². The van der Waals surface area contributed by atoms with Crippen LogP contribution in [0.15, 0.2) is 0 Å². The number of aliphatic hydroxyl groups is 2. The molecule has 40 heteroatoms. The highest BCUT2D eigenvalue weighted by Gasteiger charge is 2.33. The number of carbonyl (C=O) groups is 10. The summed E-state index contributed by atoms with van der Waals surface area (Å²) in [6.07, 6.45) is 31.7. The number of amides is 10. The van der Waals surface area contributed by atoms with Gasteiger partial charge in [-0.1, -0.05) is 170 Å². The van der Waals surface area contributed by atoms with E-state index in [1.54, 1.807) is 0 Å². The number of aliphatic hydroxyl groups excluding tert-OH is 2. The Hall–Kier alpha value is -2.68. The van der Waals surface area contributed by atoms with Gasteiger partial charge in [0.05, 0.1) is 37.4 Å². The Kier molecular flexibility index (Phi) is 115. The van der Waals surface area contributed by atoms with Gasteiger partial charge < -0.3 is 109 Å². The number of nitrogens with one attached hydrogen (secondary N) is 10. The third-order valence-corrected chi connectivity index (χ3v) is 20.2. The van der Waals surface area contributed by atoms with Crippen LogP contribution in [0.1, 0.15) is 273 Å². The summed E-state index contributed by atoms with van der Waals surface area (Å²) in [5.41, 5.74) is 46.9. The van der Waals surface area contributed by atoms with E-state index >= 15 is 0 Å². The average molecular weight is 1870 g/mol. The van der Waals surface area contributed by atoms with Crippen molar-refractivity contribution in [2.24, 2.45) is 45.9 Å². The van der Waals surface area contributed by atoms with Crippen LogP contribution in [-0.4, -0.2) is 218 Å². The predicted molar refractivity (Wildman–Crippen MR) is 499 cm³/mol. The van der Waals surface area contributed by atoms with E-state index in [9.17, 15) is 58.2 Å². The van der Waals surface area contributed by atoms with Gasteiger partial charge in [-0.15, -0.1) is 99.3 Å². The molecule has 0 aromatic heterocycles. The Labute approximate surface area is 755 Å². The number of carbonyl (C=O) groups excluding carboxylic acids is 10. The molecule has 30 nitrogen and oxygen atoms in total. The highest BCUT2D eigenvalue weighted by atomic mass is 35.5. The van der Waals surface area contributed by atoms with Crippen LogP contribution in [0.2, 0.25) is 0 Å². The van der Waals surface area contributed by atoms with Crippen molar-refractivity contribution in [3.63, 3.8) is 0 Å². The van der Waals surface area contributed by atoms with Crippen LogP contribution >= 0.6 is 123 Å². The van der Waals surface area contributed by atoms with Crippen LogP contribution < -0.4 is 99.0 Å². The highest BCUT2D eigenvalue weighted by Crippen LogP contribution is 2.15. The zero-order chi connectivity index (χ0) is 81.4. The number of hydrogen-bond donors (Lipinski definition) is 20. The Morgan fingerprint density at radius 1 is 0.250 bits per heavy atom. The van der Waals surface area contributed by atoms with Crippen molar-refractivity contribution >= 4 is 182 Å². The maximum Gasteiger partial charge on any atom is 0.244 e. The molecule has 0 rings (SSSR count). The first kappa shape index (κ1) is 137. The number of unbranched alkanes of at least 4 members (excludes halogenated alkanes) is 20. The van der Waals surface area contributed by atoms with E-state index in [1.165, 1.54) is 120 Å². The van der Waals surface area contributed by atoms with Crippen LogP contribution in [0.4, 0.5) is 0 Å². The van der Waals surface area contributed by atoms with E-state index in [0.29, 0.717) is 116 Å². The lowest BCUT2D eigenvalue weighted by molar-refractivity contribution is -0.134. The molecule has 0 saturated heterocycles. The van der Waals surface area contributed by atoms with Gasteiger partial charge in [-0.25, -0.2) is 0 Å². The number of nitrogens with two attached hydrogens (primary N) is 8. The van der Waals surface area contributed by atoms with Gasteiger partial charge in [-0.2, -0.15) is 23.5 Å². The normalized spacial score (nSPS) is 12.9. The van der Waals surface area contributed by atoms with Gasteiger partial charge in [0.2, 0.25) is 59.1 Å². The highest BCUT2D eigenvalue weighted by molar-refractivity contribution is 8.03. The monoisotopic (exact) mass is 1860 g/mol. The van der Waals surface area contributed by atoms with Crippen molar-refractivity contribution in [2.45, 2.75) is 333 Å². The molecule has 10 atom stereocenters. The molecule has 28 N–H and O–H groups in total. The first-order valence-corrected chi connectivity index (χ1v) is 43.5. The summed E-state index contributed by atoms with van der Waals surface area (Å²) < 4.78 is 0. The lowest BCUT2D eigenvalue weighted by Gasteiger charge is -2.26.